The normalized spacial score (nSPS) is 25.2. The topological polar surface area (TPSA) is 93.0 Å². The third-order valence-corrected chi connectivity index (χ3v) is 6.80. The highest BCUT2D eigenvalue weighted by molar-refractivity contribution is 7.89. The lowest BCUT2D eigenvalue weighted by molar-refractivity contribution is -0.384. The Morgan fingerprint density at radius 1 is 1.15 bits per heavy atom. The van der Waals surface area contributed by atoms with E-state index in [1.165, 1.54) is 16.4 Å². The quantitative estimate of drug-likeness (QED) is 0.584. The van der Waals surface area contributed by atoms with Crippen LogP contribution in [0.15, 0.2) is 23.1 Å². The molecule has 2 aliphatic rings. The lowest BCUT2D eigenvalue weighted by Gasteiger charge is -2.34. The SMILES string of the molecule is C[C@@H]1C[C@@H](C)CN(S(=O)(=O)c2ccc(N3CCOCC3)c([N+](=O)[O-])c2)C1. The van der Waals surface area contributed by atoms with Crippen molar-refractivity contribution >= 4 is 21.4 Å². The van der Waals surface area contributed by atoms with Gasteiger partial charge in [0.15, 0.2) is 0 Å². The number of sulfonamides is 1. The van der Waals surface area contributed by atoms with E-state index in [0.717, 1.165) is 6.42 Å². The Morgan fingerprint density at radius 3 is 2.35 bits per heavy atom. The highest BCUT2D eigenvalue weighted by atomic mass is 32.2. The summed E-state index contributed by atoms with van der Waals surface area (Å²) in [5.41, 5.74) is 0.267. The van der Waals surface area contributed by atoms with Gasteiger partial charge in [-0.15, -0.1) is 0 Å². The Labute approximate surface area is 153 Å². The Balaban J connectivity index is 1.94. The Hall–Kier alpha value is -1.71. The lowest BCUT2D eigenvalue weighted by Crippen LogP contribution is -2.42. The van der Waals surface area contributed by atoms with Crippen LogP contribution < -0.4 is 4.90 Å². The number of nitro groups is 1. The van der Waals surface area contributed by atoms with E-state index in [1.807, 2.05) is 18.7 Å². The molecule has 0 unspecified atom stereocenters. The number of hydrogen-bond donors (Lipinski definition) is 0. The second kappa shape index (κ2) is 7.50. The number of benzene rings is 1. The van der Waals surface area contributed by atoms with Gasteiger partial charge in [-0.25, -0.2) is 8.42 Å². The molecule has 1 aromatic rings. The molecule has 0 bridgehead atoms. The fraction of sp³-hybridized carbons (Fsp3) is 0.647. The first kappa shape index (κ1) is 19.1. The zero-order valence-corrected chi connectivity index (χ0v) is 15.9. The molecule has 8 nitrogen and oxygen atoms in total. The van der Waals surface area contributed by atoms with E-state index in [-0.39, 0.29) is 22.4 Å². The second-order valence-electron chi connectivity index (χ2n) is 7.28. The molecule has 1 aromatic carbocycles. The van der Waals surface area contributed by atoms with Crippen LogP contribution in [0, 0.1) is 22.0 Å². The largest absolute Gasteiger partial charge is 0.378 e. The summed E-state index contributed by atoms with van der Waals surface area (Å²) in [7, 11) is -3.75. The van der Waals surface area contributed by atoms with Gasteiger partial charge in [0.2, 0.25) is 10.0 Å². The van der Waals surface area contributed by atoms with Gasteiger partial charge in [0, 0.05) is 32.2 Å². The van der Waals surface area contributed by atoms with Crippen molar-refractivity contribution in [1.29, 1.82) is 0 Å². The summed E-state index contributed by atoms with van der Waals surface area (Å²) in [6.45, 7) is 7.06. The zero-order valence-electron chi connectivity index (χ0n) is 15.1. The molecular weight excluding hydrogens is 358 g/mol. The molecule has 2 heterocycles. The molecule has 2 saturated heterocycles. The number of nitrogens with zero attached hydrogens (tertiary/aromatic N) is 3. The van der Waals surface area contributed by atoms with Crippen molar-refractivity contribution in [2.75, 3.05) is 44.3 Å². The summed E-state index contributed by atoms with van der Waals surface area (Å²) < 4.78 is 32.8. The molecule has 0 radical (unpaired) electrons. The molecule has 0 saturated carbocycles. The molecule has 0 N–H and O–H groups in total. The lowest BCUT2D eigenvalue weighted by atomic mass is 9.94. The van der Waals surface area contributed by atoms with Crippen molar-refractivity contribution in [3.8, 4) is 0 Å². The zero-order chi connectivity index (χ0) is 18.9. The van der Waals surface area contributed by atoms with Crippen molar-refractivity contribution in [1.82, 2.24) is 4.31 Å². The van der Waals surface area contributed by atoms with Crippen molar-refractivity contribution in [2.45, 2.75) is 25.2 Å². The number of ether oxygens (including phenoxy) is 1. The highest BCUT2D eigenvalue weighted by Crippen LogP contribution is 2.33. The van der Waals surface area contributed by atoms with Crippen LogP contribution in [0.4, 0.5) is 11.4 Å². The summed E-state index contributed by atoms with van der Waals surface area (Å²) in [4.78, 5) is 12.9. The molecule has 0 aliphatic carbocycles. The molecular formula is C17H25N3O5S. The van der Waals surface area contributed by atoms with Crippen LogP contribution in [-0.2, 0) is 14.8 Å². The predicted octanol–water partition coefficient (Wildman–Crippen LogP) is 2.10. The second-order valence-corrected chi connectivity index (χ2v) is 9.21. The first-order valence-corrected chi connectivity index (χ1v) is 10.3. The van der Waals surface area contributed by atoms with E-state index in [2.05, 4.69) is 0 Å². The first-order valence-electron chi connectivity index (χ1n) is 8.90. The van der Waals surface area contributed by atoms with E-state index in [9.17, 15) is 18.5 Å². The highest BCUT2D eigenvalue weighted by Gasteiger charge is 2.33. The predicted molar refractivity (Wildman–Crippen MR) is 97.8 cm³/mol. The van der Waals surface area contributed by atoms with E-state index >= 15 is 0 Å². The molecule has 0 spiro atoms. The van der Waals surface area contributed by atoms with Gasteiger partial charge in [0.25, 0.3) is 5.69 Å². The molecule has 3 rings (SSSR count). The average Bonchev–Trinajstić information content (AvgIpc) is 2.61. The maximum absolute atomic E-state index is 13.0. The molecule has 9 heteroatoms. The van der Waals surface area contributed by atoms with Gasteiger partial charge in [0.05, 0.1) is 23.0 Å². The molecule has 2 atom stereocenters. The molecule has 2 fully saturated rings. The van der Waals surface area contributed by atoms with E-state index in [4.69, 9.17) is 4.74 Å². The molecule has 26 heavy (non-hydrogen) atoms. The van der Waals surface area contributed by atoms with Crippen LogP contribution in [-0.4, -0.2) is 57.0 Å². The Morgan fingerprint density at radius 2 is 1.77 bits per heavy atom. The van der Waals surface area contributed by atoms with Crippen molar-refractivity contribution in [2.24, 2.45) is 11.8 Å². The maximum Gasteiger partial charge on any atom is 0.293 e. The Bertz CT molecular complexity index is 767. The average molecular weight is 383 g/mol. The fourth-order valence-electron chi connectivity index (χ4n) is 3.83. The standard InChI is InChI=1S/C17H25N3O5S/c1-13-9-14(2)12-19(11-13)26(23,24)15-3-4-16(17(10-15)20(21)22)18-5-7-25-8-6-18/h3-4,10,13-14H,5-9,11-12H2,1-2H3/t13-,14-/m1/s1. The van der Waals surface area contributed by atoms with Crippen LogP contribution in [0.3, 0.4) is 0 Å². The number of piperidine rings is 1. The summed E-state index contributed by atoms with van der Waals surface area (Å²) >= 11 is 0. The van der Waals surface area contributed by atoms with Gasteiger partial charge in [-0.2, -0.15) is 4.31 Å². The monoisotopic (exact) mass is 383 g/mol. The molecule has 2 aliphatic heterocycles. The minimum Gasteiger partial charge on any atom is -0.378 e. The van der Waals surface area contributed by atoms with Gasteiger partial charge in [-0.1, -0.05) is 13.8 Å². The van der Waals surface area contributed by atoms with Gasteiger partial charge < -0.3 is 9.64 Å². The minimum atomic E-state index is -3.75. The number of anilines is 1. The smallest absolute Gasteiger partial charge is 0.293 e. The summed E-state index contributed by atoms with van der Waals surface area (Å²) in [5.74, 6) is 0.548. The fourth-order valence-corrected chi connectivity index (χ4v) is 5.53. The van der Waals surface area contributed by atoms with Crippen LogP contribution >= 0.6 is 0 Å². The Kier molecular flexibility index (Phi) is 5.50. The summed E-state index contributed by atoms with van der Waals surface area (Å²) in [6, 6.07) is 4.23. The maximum atomic E-state index is 13.0. The van der Waals surface area contributed by atoms with E-state index in [1.54, 1.807) is 6.07 Å². The third-order valence-electron chi connectivity index (χ3n) is 4.97. The van der Waals surface area contributed by atoms with Crippen molar-refractivity contribution < 1.29 is 18.1 Å². The van der Waals surface area contributed by atoms with Gasteiger partial charge in [-0.05, 0) is 30.4 Å². The molecule has 0 aromatic heterocycles. The van der Waals surface area contributed by atoms with E-state index < -0.39 is 14.9 Å². The summed E-state index contributed by atoms with van der Waals surface area (Å²) in [5, 5.41) is 11.6. The minimum absolute atomic E-state index is 0.0116. The number of morpholine rings is 1. The van der Waals surface area contributed by atoms with Crippen molar-refractivity contribution in [3.05, 3.63) is 28.3 Å². The number of nitro benzene ring substituents is 1. The number of hydrogen-bond acceptors (Lipinski definition) is 6. The van der Waals surface area contributed by atoms with Crippen LogP contribution in [0.5, 0.6) is 0 Å². The van der Waals surface area contributed by atoms with Crippen LogP contribution in [0.2, 0.25) is 0 Å². The molecule has 144 valence electrons. The number of rotatable bonds is 4. The molecule has 0 amide bonds. The van der Waals surface area contributed by atoms with Gasteiger partial charge in [-0.3, -0.25) is 10.1 Å². The summed E-state index contributed by atoms with van der Waals surface area (Å²) in [6.07, 6.45) is 0.988. The third kappa shape index (κ3) is 3.84. The van der Waals surface area contributed by atoms with E-state index in [0.29, 0.717) is 45.1 Å². The van der Waals surface area contributed by atoms with Gasteiger partial charge in [0.1, 0.15) is 5.69 Å². The van der Waals surface area contributed by atoms with Crippen molar-refractivity contribution in [3.63, 3.8) is 0 Å². The van der Waals surface area contributed by atoms with Gasteiger partial charge >= 0.3 is 0 Å². The van der Waals surface area contributed by atoms with Crippen LogP contribution in [0.1, 0.15) is 20.3 Å². The first-order chi connectivity index (χ1) is 12.3. The van der Waals surface area contributed by atoms with Crippen LogP contribution in [0.25, 0.3) is 0 Å².